The Bertz CT molecular complexity index is 389. The van der Waals surface area contributed by atoms with Gasteiger partial charge in [-0.3, -0.25) is 4.79 Å². The number of aryl methyl sites for hydroxylation is 2. The highest BCUT2D eigenvalue weighted by Gasteiger charge is 2.17. The molecule has 0 radical (unpaired) electrons. The number of hydrogen-bond donors (Lipinski definition) is 1. The van der Waals surface area contributed by atoms with Crippen LogP contribution in [0.4, 0.5) is 0 Å². The number of hydrogen-bond acceptors (Lipinski definition) is 2. The highest BCUT2D eigenvalue weighted by Crippen LogP contribution is 2.30. The van der Waals surface area contributed by atoms with Crippen LogP contribution in [0.5, 0.6) is 0 Å². The first-order chi connectivity index (χ1) is 7.16. The zero-order valence-corrected chi connectivity index (χ0v) is 10.7. The first-order valence-corrected chi connectivity index (χ1v) is 6.51. The van der Waals surface area contributed by atoms with Gasteiger partial charge < -0.3 is 5.32 Å². The van der Waals surface area contributed by atoms with Crippen LogP contribution in [0.3, 0.4) is 0 Å². The smallest absolute Gasteiger partial charge is 0.261 e. The first kappa shape index (κ1) is 10.9. The molecular weight excluding hydrogens is 274 g/mol. The number of fused-ring (bicyclic) bond motifs is 1. The van der Waals surface area contributed by atoms with Crippen molar-refractivity contribution >= 4 is 33.2 Å². The van der Waals surface area contributed by atoms with Gasteiger partial charge in [-0.25, -0.2) is 0 Å². The SMILES string of the molecule is C=C(Br)CNC(=O)c1cc2c(s1)CCC2. The minimum absolute atomic E-state index is 0.00926. The van der Waals surface area contributed by atoms with Gasteiger partial charge in [-0.2, -0.15) is 0 Å². The molecule has 0 saturated heterocycles. The largest absolute Gasteiger partial charge is 0.347 e. The lowest BCUT2D eigenvalue weighted by Gasteiger charge is -2.00. The summed E-state index contributed by atoms with van der Waals surface area (Å²) < 4.78 is 0.792. The molecule has 0 aromatic carbocycles. The molecule has 80 valence electrons. The second-order valence-electron chi connectivity index (χ2n) is 3.61. The van der Waals surface area contributed by atoms with Gasteiger partial charge in [0.25, 0.3) is 5.91 Å². The average Bonchev–Trinajstić information content (AvgIpc) is 2.72. The van der Waals surface area contributed by atoms with E-state index in [9.17, 15) is 4.79 Å². The third kappa shape index (κ3) is 2.49. The van der Waals surface area contributed by atoms with Crippen LogP contribution in [-0.2, 0) is 12.8 Å². The van der Waals surface area contributed by atoms with Gasteiger partial charge in [-0.1, -0.05) is 22.5 Å². The molecule has 2 nitrogen and oxygen atoms in total. The molecule has 4 heteroatoms. The Hall–Kier alpha value is -0.610. The minimum atomic E-state index is 0.00926. The first-order valence-electron chi connectivity index (χ1n) is 4.90. The molecular formula is C11H12BrNOS. The number of thiophene rings is 1. The zero-order valence-electron chi connectivity index (χ0n) is 8.31. The van der Waals surface area contributed by atoms with Crippen molar-refractivity contribution < 1.29 is 4.79 Å². The van der Waals surface area contributed by atoms with Crippen LogP contribution in [-0.4, -0.2) is 12.5 Å². The van der Waals surface area contributed by atoms with Crippen LogP contribution < -0.4 is 5.32 Å². The van der Waals surface area contributed by atoms with Crippen LogP contribution in [0.25, 0.3) is 0 Å². The summed E-state index contributed by atoms with van der Waals surface area (Å²) in [4.78, 5) is 13.9. The van der Waals surface area contributed by atoms with Crippen LogP contribution in [0.2, 0.25) is 0 Å². The van der Waals surface area contributed by atoms with Gasteiger partial charge in [-0.05, 0) is 30.9 Å². The standard InChI is InChI=1S/C11H12BrNOS/c1-7(12)6-13-11(14)10-5-8-3-2-4-9(8)15-10/h5H,1-4,6H2,(H,13,14). The molecule has 0 saturated carbocycles. The van der Waals surface area contributed by atoms with E-state index >= 15 is 0 Å². The molecule has 1 amide bonds. The Balaban J connectivity index is 2.03. The average molecular weight is 286 g/mol. The van der Waals surface area contributed by atoms with Crippen molar-refractivity contribution in [1.29, 1.82) is 0 Å². The quantitative estimate of drug-likeness (QED) is 0.909. The Morgan fingerprint density at radius 2 is 2.40 bits per heavy atom. The third-order valence-electron chi connectivity index (χ3n) is 2.41. The lowest BCUT2D eigenvalue weighted by Crippen LogP contribution is -2.23. The minimum Gasteiger partial charge on any atom is -0.347 e. The van der Waals surface area contributed by atoms with E-state index in [1.165, 1.54) is 16.9 Å². The highest BCUT2D eigenvalue weighted by atomic mass is 79.9. The normalized spacial score (nSPS) is 13.7. The second-order valence-corrected chi connectivity index (χ2v) is 5.87. The van der Waals surface area contributed by atoms with Crippen LogP contribution in [0, 0.1) is 0 Å². The molecule has 1 aromatic rings. The second kappa shape index (κ2) is 4.49. The maximum atomic E-state index is 11.7. The Kier molecular flexibility index (Phi) is 3.26. The van der Waals surface area contributed by atoms with Crippen molar-refractivity contribution in [1.82, 2.24) is 5.32 Å². The van der Waals surface area contributed by atoms with Crippen molar-refractivity contribution in [2.24, 2.45) is 0 Å². The predicted molar refractivity (Wildman–Crippen MR) is 66.7 cm³/mol. The van der Waals surface area contributed by atoms with E-state index in [1.807, 2.05) is 6.07 Å². The van der Waals surface area contributed by atoms with E-state index in [4.69, 9.17) is 0 Å². The van der Waals surface area contributed by atoms with Crippen LogP contribution in [0.15, 0.2) is 17.1 Å². The molecule has 0 fully saturated rings. The Morgan fingerprint density at radius 1 is 1.60 bits per heavy atom. The summed E-state index contributed by atoms with van der Waals surface area (Å²) in [5.41, 5.74) is 1.36. The van der Waals surface area contributed by atoms with Crippen molar-refractivity contribution in [2.45, 2.75) is 19.3 Å². The van der Waals surface area contributed by atoms with E-state index in [1.54, 1.807) is 11.3 Å². The van der Waals surface area contributed by atoms with E-state index in [0.29, 0.717) is 6.54 Å². The fourth-order valence-electron chi connectivity index (χ4n) is 1.70. The van der Waals surface area contributed by atoms with Gasteiger partial charge in [0.2, 0.25) is 0 Å². The number of halogens is 1. The molecule has 0 atom stereocenters. The van der Waals surface area contributed by atoms with Gasteiger partial charge in [0, 0.05) is 15.9 Å². The number of amides is 1. The van der Waals surface area contributed by atoms with Crippen LogP contribution >= 0.6 is 27.3 Å². The summed E-state index contributed by atoms with van der Waals surface area (Å²) in [7, 11) is 0. The van der Waals surface area contributed by atoms with Crippen molar-refractivity contribution in [2.75, 3.05) is 6.54 Å². The number of carbonyl (C=O) groups is 1. The summed E-state index contributed by atoms with van der Waals surface area (Å²) in [6.07, 6.45) is 3.50. The maximum absolute atomic E-state index is 11.7. The number of carbonyl (C=O) groups excluding carboxylic acids is 1. The summed E-state index contributed by atoms with van der Waals surface area (Å²) in [5.74, 6) is 0.00926. The molecule has 1 N–H and O–H groups in total. The Labute approximate surface area is 102 Å². The molecule has 1 aromatic heterocycles. The fraction of sp³-hybridized carbons (Fsp3) is 0.364. The topological polar surface area (TPSA) is 29.1 Å². The Morgan fingerprint density at radius 3 is 3.07 bits per heavy atom. The monoisotopic (exact) mass is 285 g/mol. The molecule has 0 aliphatic heterocycles. The van der Waals surface area contributed by atoms with Gasteiger partial charge in [0.1, 0.15) is 0 Å². The van der Waals surface area contributed by atoms with Gasteiger partial charge in [-0.15, -0.1) is 11.3 Å². The zero-order chi connectivity index (χ0) is 10.8. The van der Waals surface area contributed by atoms with E-state index < -0.39 is 0 Å². The summed E-state index contributed by atoms with van der Waals surface area (Å²) in [6.45, 7) is 4.16. The van der Waals surface area contributed by atoms with Gasteiger partial charge in [0.05, 0.1) is 4.88 Å². The van der Waals surface area contributed by atoms with Gasteiger partial charge in [0.15, 0.2) is 0 Å². The summed E-state index contributed by atoms with van der Waals surface area (Å²) in [6, 6.07) is 2.03. The third-order valence-corrected chi connectivity index (χ3v) is 3.93. The lowest BCUT2D eigenvalue weighted by molar-refractivity contribution is 0.0961. The lowest BCUT2D eigenvalue weighted by atomic mass is 10.2. The van der Waals surface area contributed by atoms with E-state index in [-0.39, 0.29) is 5.91 Å². The van der Waals surface area contributed by atoms with Gasteiger partial charge >= 0.3 is 0 Å². The van der Waals surface area contributed by atoms with Crippen molar-refractivity contribution in [3.63, 3.8) is 0 Å². The predicted octanol–water partition coefficient (Wildman–Crippen LogP) is 2.88. The molecule has 0 bridgehead atoms. The summed E-state index contributed by atoms with van der Waals surface area (Å²) in [5, 5.41) is 2.81. The van der Waals surface area contributed by atoms with E-state index in [2.05, 4.69) is 27.8 Å². The molecule has 0 spiro atoms. The molecule has 2 rings (SSSR count). The molecule has 15 heavy (non-hydrogen) atoms. The molecule has 0 unspecified atom stereocenters. The number of nitrogens with one attached hydrogen (secondary N) is 1. The van der Waals surface area contributed by atoms with Crippen molar-refractivity contribution in [3.8, 4) is 0 Å². The maximum Gasteiger partial charge on any atom is 0.261 e. The fourth-order valence-corrected chi connectivity index (χ4v) is 3.01. The molecule has 1 heterocycles. The highest BCUT2D eigenvalue weighted by molar-refractivity contribution is 9.11. The summed E-state index contributed by atoms with van der Waals surface area (Å²) >= 11 is 4.84. The molecule has 1 aliphatic carbocycles. The van der Waals surface area contributed by atoms with Crippen LogP contribution in [0.1, 0.15) is 26.5 Å². The molecule has 1 aliphatic rings. The number of rotatable bonds is 3. The van der Waals surface area contributed by atoms with Crippen molar-refractivity contribution in [3.05, 3.63) is 32.4 Å². The van der Waals surface area contributed by atoms with E-state index in [0.717, 1.165) is 22.2 Å².